The number of carbonyl (C=O) groups excluding carboxylic acids is 4. The number of methoxy groups -OCH3 is 1. The summed E-state index contributed by atoms with van der Waals surface area (Å²) in [5.41, 5.74) is 0.715. The lowest BCUT2D eigenvalue weighted by molar-refractivity contribution is -0.156. The molecule has 1 fully saturated rings. The molecule has 1 aliphatic heterocycles. The molecule has 1 N–H and O–H groups in total. The first kappa shape index (κ1) is 17.5. The number of hydrogen-bond acceptors (Lipinski definition) is 5. The van der Waals surface area contributed by atoms with Gasteiger partial charge in [-0.25, -0.2) is 4.79 Å². The van der Waals surface area contributed by atoms with Crippen molar-refractivity contribution in [1.29, 1.82) is 0 Å². The van der Waals surface area contributed by atoms with Gasteiger partial charge in [-0.2, -0.15) is 0 Å². The molecule has 1 saturated heterocycles. The molecule has 0 unspecified atom stereocenters. The summed E-state index contributed by atoms with van der Waals surface area (Å²) in [6, 6.07) is 6.27. The molecule has 24 heavy (non-hydrogen) atoms. The van der Waals surface area contributed by atoms with E-state index in [9.17, 15) is 19.2 Å². The lowest BCUT2D eigenvalue weighted by Gasteiger charge is -2.32. The van der Waals surface area contributed by atoms with Crippen LogP contribution in [0.1, 0.15) is 17.3 Å². The van der Waals surface area contributed by atoms with Crippen molar-refractivity contribution < 1.29 is 23.9 Å². The lowest BCUT2D eigenvalue weighted by Crippen LogP contribution is -2.55. The standard InChI is InChI=1S/C16H19N3O5/c1-3-18-7-8-19(15(22)14(18)21)10-13(20)17-12-6-4-5-11(9-12)16(23)24-2/h4-6,9H,3,7-8,10H2,1-2H3,(H,17,20). The Morgan fingerprint density at radius 1 is 1.17 bits per heavy atom. The molecular formula is C16H19N3O5. The Kier molecular flexibility index (Phi) is 5.51. The summed E-state index contributed by atoms with van der Waals surface area (Å²) >= 11 is 0. The number of likely N-dealkylation sites (N-methyl/N-ethyl adjacent to an activating group) is 1. The molecule has 0 bridgehead atoms. The first-order chi connectivity index (χ1) is 11.5. The topological polar surface area (TPSA) is 96.0 Å². The average molecular weight is 333 g/mol. The second-order valence-electron chi connectivity index (χ2n) is 5.23. The van der Waals surface area contributed by atoms with Gasteiger partial charge in [-0.1, -0.05) is 6.07 Å². The molecule has 0 aromatic heterocycles. The predicted molar refractivity (Wildman–Crippen MR) is 85.2 cm³/mol. The zero-order chi connectivity index (χ0) is 17.7. The van der Waals surface area contributed by atoms with Gasteiger partial charge in [0.25, 0.3) is 0 Å². The van der Waals surface area contributed by atoms with Crippen LogP contribution in [0, 0.1) is 0 Å². The molecule has 1 heterocycles. The van der Waals surface area contributed by atoms with E-state index < -0.39 is 23.7 Å². The number of benzene rings is 1. The number of anilines is 1. The highest BCUT2D eigenvalue weighted by Gasteiger charge is 2.32. The zero-order valence-corrected chi connectivity index (χ0v) is 13.6. The number of ether oxygens (including phenoxy) is 1. The number of esters is 1. The van der Waals surface area contributed by atoms with Crippen LogP contribution in [0.5, 0.6) is 0 Å². The van der Waals surface area contributed by atoms with Gasteiger partial charge in [-0.05, 0) is 25.1 Å². The normalized spacial score (nSPS) is 14.6. The Morgan fingerprint density at radius 2 is 1.83 bits per heavy atom. The summed E-state index contributed by atoms with van der Waals surface area (Å²) in [4.78, 5) is 50.0. The first-order valence-electron chi connectivity index (χ1n) is 7.52. The highest BCUT2D eigenvalue weighted by Crippen LogP contribution is 2.12. The molecule has 1 aliphatic rings. The van der Waals surface area contributed by atoms with Gasteiger partial charge in [0, 0.05) is 25.3 Å². The summed E-state index contributed by atoms with van der Waals surface area (Å²) in [5, 5.41) is 2.60. The third-order valence-corrected chi connectivity index (χ3v) is 3.68. The SMILES string of the molecule is CCN1CCN(CC(=O)Nc2cccc(C(=O)OC)c2)C(=O)C1=O. The smallest absolute Gasteiger partial charge is 0.337 e. The van der Waals surface area contributed by atoms with E-state index in [1.807, 2.05) is 0 Å². The van der Waals surface area contributed by atoms with Crippen molar-refractivity contribution in [3.63, 3.8) is 0 Å². The number of carbonyl (C=O) groups is 4. The molecule has 0 radical (unpaired) electrons. The average Bonchev–Trinajstić information content (AvgIpc) is 2.58. The molecular weight excluding hydrogens is 314 g/mol. The van der Waals surface area contributed by atoms with E-state index in [1.165, 1.54) is 23.0 Å². The molecule has 8 heteroatoms. The Morgan fingerprint density at radius 3 is 2.50 bits per heavy atom. The minimum atomic E-state index is -0.679. The highest BCUT2D eigenvalue weighted by atomic mass is 16.5. The number of piperazine rings is 1. The van der Waals surface area contributed by atoms with Crippen LogP contribution in [0.3, 0.4) is 0 Å². The molecule has 1 aromatic rings. The van der Waals surface area contributed by atoms with Crippen LogP contribution < -0.4 is 5.32 Å². The number of amides is 3. The third-order valence-electron chi connectivity index (χ3n) is 3.68. The van der Waals surface area contributed by atoms with Gasteiger partial charge in [0.05, 0.1) is 12.7 Å². The van der Waals surface area contributed by atoms with Crippen molar-refractivity contribution in [2.24, 2.45) is 0 Å². The molecule has 0 atom stereocenters. The Balaban J connectivity index is 1.98. The lowest BCUT2D eigenvalue weighted by atomic mass is 10.2. The molecule has 0 saturated carbocycles. The maximum absolute atomic E-state index is 12.1. The number of nitrogens with zero attached hydrogens (tertiary/aromatic N) is 2. The minimum Gasteiger partial charge on any atom is -0.465 e. The van der Waals surface area contributed by atoms with Crippen molar-refractivity contribution >= 4 is 29.4 Å². The van der Waals surface area contributed by atoms with E-state index in [2.05, 4.69) is 10.1 Å². The number of hydrogen-bond donors (Lipinski definition) is 1. The fourth-order valence-electron chi connectivity index (χ4n) is 2.38. The number of nitrogens with one attached hydrogen (secondary N) is 1. The van der Waals surface area contributed by atoms with Crippen molar-refractivity contribution in [1.82, 2.24) is 9.80 Å². The molecule has 1 aromatic carbocycles. The van der Waals surface area contributed by atoms with Crippen LogP contribution in [-0.2, 0) is 19.1 Å². The van der Waals surface area contributed by atoms with Crippen LogP contribution in [-0.4, -0.2) is 66.8 Å². The first-order valence-corrected chi connectivity index (χ1v) is 7.52. The van der Waals surface area contributed by atoms with Gasteiger partial charge in [-0.3, -0.25) is 14.4 Å². The maximum Gasteiger partial charge on any atom is 0.337 e. The van der Waals surface area contributed by atoms with Gasteiger partial charge >= 0.3 is 17.8 Å². The summed E-state index contributed by atoms with van der Waals surface area (Å²) < 4.78 is 4.62. The van der Waals surface area contributed by atoms with Gasteiger partial charge < -0.3 is 19.9 Å². The van der Waals surface area contributed by atoms with E-state index in [1.54, 1.807) is 25.1 Å². The van der Waals surface area contributed by atoms with Crippen molar-refractivity contribution in [3.05, 3.63) is 29.8 Å². The van der Waals surface area contributed by atoms with E-state index >= 15 is 0 Å². The minimum absolute atomic E-state index is 0.218. The molecule has 2 rings (SSSR count). The molecule has 0 spiro atoms. The number of rotatable bonds is 5. The molecule has 3 amide bonds. The monoisotopic (exact) mass is 333 g/mol. The largest absolute Gasteiger partial charge is 0.465 e. The summed E-state index contributed by atoms with van der Waals surface area (Å²) in [7, 11) is 1.27. The van der Waals surface area contributed by atoms with E-state index in [0.29, 0.717) is 30.9 Å². The van der Waals surface area contributed by atoms with Crippen LogP contribution >= 0.6 is 0 Å². The van der Waals surface area contributed by atoms with Crippen LogP contribution in [0.2, 0.25) is 0 Å². The van der Waals surface area contributed by atoms with Gasteiger partial charge in [-0.15, -0.1) is 0 Å². The van der Waals surface area contributed by atoms with Crippen LogP contribution in [0.4, 0.5) is 5.69 Å². The van der Waals surface area contributed by atoms with Gasteiger partial charge in [0.2, 0.25) is 5.91 Å². The highest BCUT2D eigenvalue weighted by molar-refractivity contribution is 6.35. The van der Waals surface area contributed by atoms with Crippen LogP contribution in [0.15, 0.2) is 24.3 Å². The van der Waals surface area contributed by atoms with E-state index in [4.69, 9.17) is 0 Å². The quantitative estimate of drug-likeness (QED) is 0.609. The van der Waals surface area contributed by atoms with E-state index in [-0.39, 0.29) is 6.54 Å². The van der Waals surface area contributed by atoms with Gasteiger partial charge in [0.15, 0.2) is 0 Å². The van der Waals surface area contributed by atoms with Crippen molar-refractivity contribution in [2.75, 3.05) is 38.6 Å². The second-order valence-corrected chi connectivity index (χ2v) is 5.23. The fourth-order valence-corrected chi connectivity index (χ4v) is 2.38. The third kappa shape index (κ3) is 3.89. The molecule has 128 valence electrons. The zero-order valence-electron chi connectivity index (χ0n) is 13.6. The predicted octanol–water partition coefficient (Wildman–Crippen LogP) is 0.102. The second kappa shape index (κ2) is 7.58. The maximum atomic E-state index is 12.1. The van der Waals surface area contributed by atoms with E-state index in [0.717, 1.165) is 0 Å². The Bertz CT molecular complexity index is 673. The molecule has 8 nitrogen and oxygen atoms in total. The Hall–Kier alpha value is -2.90. The fraction of sp³-hybridized carbons (Fsp3) is 0.375. The molecule has 0 aliphatic carbocycles. The Labute approximate surface area is 139 Å². The summed E-state index contributed by atoms with van der Waals surface area (Å²) in [6.45, 7) is 2.76. The van der Waals surface area contributed by atoms with Crippen molar-refractivity contribution in [2.45, 2.75) is 6.92 Å². The van der Waals surface area contributed by atoms with Crippen molar-refractivity contribution in [3.8, 4) is 0 Å². The summed E-state index contributed by atoms with van der Waals surface area (Å²) in [5.74, 6) is -2.23. The van der Waals surface area contributed by atoms with Crippen LogP contribution in [0.25, 0.3) is 0 Å². The van der Waals surface area contributed by atoms with Gasteiger partial charge in [0.1, 0.15) is 6.54 Å². The summed E-state index contributed by atoms with van der Waals surface area (Å²) in [6.07, 6.45) is 0.